The zero-order valence-electron chi connectivity index (χ0n) is 15.6. The first-order valence-electron chi connectivity index (χ1n) is 9.20. The number of fused-ring (bicyclic) bond motifs is 3. The number of hydrogen-bond donors (Lipinski definition) is 1. The zero-order valence-corrected chi connectivity index (χ0v) is 18.0. The number of ketones is 1. The second kappa shape index (κ2) is 8.68. The summed E-state index contributed by atoms with van der Waals surface area (Å²) < 4.78 is 2.04. The van der Waals surface area contributed by atoms with Crippen molar-refractivity contribution in [1.29, 1.82) is 0 Å². The molecule has 4 nitrogen and oxygen atoms in total. The van der Waals surface area contributed by atoms with Gasteiger partial charge in [-0.05, 0) is 37.1 Å². The normalized spacial score (nSPS) is 12.0. The van der Waals surface area contributed by atoms with Crippen LogP contribution in [-0.4, -0.2) is 20.3 Å². The molecule has 4 rings (SSSR count). The molecule has 2 aromatic carbocycles. The van der Waals surface area contributed by atoms with E-state index in [9.17, 15) is 9.90 Å². The first kappa shape index (κ1) is 20.2. The summed E-state index contributed by atoms with van der Waals surface area (Å²) in [6.45, 7) is 2.13. The van der Waals surface area contributed by atoms with Crippen LogP contribution in [0.1, 0.15) is 35.8 Å². The second-order valence-corrected chi connectivity index (χ2v) is 7.07. The summed E-state index contributed by atoms with van der Waals surface area (Å²) in [6, 6.07) is 18.0. The van der Waals surface area contributed by atoms with Crippen molar-refractivity contribution in [2.45, 2.75) is 26.2 Å². The number of phenolic OH excluding ortho intramolecular Hbond substituents is 1. The number of carbonyl (C=O) groups is 1. The third-order valence-corrected chi connectivity index (χ3v) is 4.94. The third kappa shape index (κ3) is 4.16. The Labute approximate surface area is 177 Å². The van der Waals surface area contributed by atoms with Crippen molar-refractivity contribution in [1.82, 2.24) is 9.38 Å². The molecule has 1 atom stereocenters. The summed E-state index contributed by atoms with van der Waals surface area (Å²) in [5.41, 5.74) is 2.34. The van der Waals surface area contributed by atoms with Crippen molar-refractivity contribution in [3.63, 3.8) is 0 Å². The number of rotatable bonds is 6. The number of aromatic hydroxyl groups is 1. The number of phenols is 1. The van der Waals surface area contributed by atoms with Gasteiger partial charge in [-0.1, -0.05) is 25.1 Å². The van der Waals surface area contributed by atoms with Crippen LogP contribution in [0.4, 0.5) is 0 Å². The smallest absolute Gasteiger partial charge is 0.166 e. The predicted molar refractivity (Wildman–Crippen MR) is 106 cm³/mol. The number of Topliss-reactive ketones (excluding diaryl/α,β-unsaturated/α-hetero) is 1. The molecule has 0 aliphatic heterocycles. The number of carbonyl (C=O) groups excluding carboxylic acids is 1. The van der Waals surface area contributed by atoms with Gasteiger partial charge in [0.1, 0.15) is 5.75 Å². The Morgan fingerprint density at radius 1 is 1.21 bits per heavy atom. The van der Waals surface area contributed by atoms with E-state index in [1.165, 1.54) is 0 Å². The number of imidazole rings is 1. The minimum absolute atomic E-state index is 0. The molecular formula is C23H21IrN2O2-. The van der Waals surface area contributed by atoms with Gasteiger partial charge < -0.3 is 9.51 Å². The van der Waals surface area contributed by atoms with Gasteiger partial charge in [-0.25, -0.2) is 0 Å². The third-order valence-electron chi connectivity index (χ3n) is 4.94. The van der Waals surface area contributed by atoms with E-state index in [1.807, 2.05) is 22.7 Å². The van der Waals surface area contributed by atoms with Gasteiger partial charge in [0, 0.05) is 38.4 Å². The molecule has 2 heterocycles. The fourth-order valence-corrected chi connectivity index (χ4v) is 3.47. The molecule has 0 aliphatic carbocycles. The number of nitrogens with zero attached hydrogens (tertiary/aromatic N) is 2. The Kier molecular flexibility index (Phi) is 6.28. The summed E-state index contributed by atoms with van der Waals surface area (Å²) in [7, 11) is 0. The van der Waals surface area contributed by atoms with Crippen molar-refractivity contribution in [2.24, 2.45) is 5.92 Å². The molecule has 0 aliphatic rings. The molecule has 0 saturated heterocycles. The van der Waals surface area contributed by atoms with E-state index in [1.54, 1.807) is 24.3 Å². The van der Waals surface area contributed by atoms with Crippen LogP contribution < -0.4 is 0 Å². The molecule has 4 aromatic rings. The minimum atomic E-state index is -0.0180. The van der Waals surface area contributed by atoms with Crippen molar-refractivity contribution < 1.29 is 30.0 Å². The molecule has 1 unspecified atom stereocenters. The Hall–Kier alpha value is -2.49. The molecule has 2 aromatic heterocycles. The largest absolute Gasteiger partial charge is 0.507 e. The fourth-order valence-electron chi connectivity index (χ4n) is 3.47. The quantitative estimate of drug-likeness (QED) is 0.277. The summed E-state index contributed by atoms with van der Waals surface area (Å²) in [4.78, 5) is 17.1. The van der Waals surface area contributed by atoms with Gasteiger partial charge in [0.05, 0.1) is 11.2 Å². The van der Waals surface area contributed by atoms with Gasteiger partial charge in [0.25, 0.3) is 0 Å². The maximum atomic E-state index is 12.3. The van der Waals surface area contributed by atoms with E-state index in [2.05, 4.69) is 31.3 Å². The van der Waals surface area contributed by atoms with Crippen LogP contribution in [0.15, 0.2) is 60.9 Å². The number of para-hydroxylation sites is 1. The van der Waals surface area contributed by atoms with Crippen LogP contribution in [0.2, 0.25) is 0 Å². The monoisotopic (exact) mass is 550 g/mol. The van der Waals surface area contributed by atoms with Gasteiger partial charge in [0.2, 0.25) is 0 Å². The van der Waals surface area contributed by atoms with Crippen molar-refractivity contribution in [3.8, 4) is 5.75 Å². The molecule has 145 valence electrons. The molecule has 0 spiro atoms. The first-order chi connectivity index (χ1) is 13.1. The van der Waals surface area contributed by atoms with E-state index in [0.29, 0.717) is 17.9 Å². The Morgan fingerprint density at radius 3 is 2.86 bits per heavy atom. The number of hydrogen-bond acceptors (Lipinski definition) is 3. The average Bonchev–Trinajstić information content (AvgIpc) is 3.09. The van der Waals surface area contributed by atoms with Gasteiger partial charge in [0.15, 0.2) is 5.78 Å². The van der Waals surface area contributed by atoms with E-state index < -0.39 is 0 Å². The summed E-state index contributed by atoms with van der Waals surface area (Å²) >= 11 is 0. The molecule has 1 N–H and O–H groups in total. The topological polar surface area (TPSA) is 54.6 Å². The Balaban J connectivity index is 0.00000225. The van der Waals surface area contributed by atoms with Gasteiger partial charge in [-0.15, -0.1) is 35.0 Å². The van der Waals surface area contributed by atoms with Gasteiger partial charge in [-0.2, -0.15) is 0 Å². The molecule has 1 radical (unpaired) electrons. The first-order valence-corrected chi connectivity index (χ1v) is 9.20. The van der Waals surface area contributed by atoms with Crippen molar-refractivity contribution in [2.75, 3.05) is 0 Å². The van der Waals surface area contributed by atoms with E-state index in [0.717, 1.165) is 35.0 Å². The fraction of sp³-hybridized carbons (Fsp3) is 0.217. The van der Waals surface area contributed by atoms with Crippen LogP contribution in [0, 0.1) is 12.0 Å². The SMILES string of the molecule is CC(CCC(=O)c1ccccc1O)Cc1cn2ccc3ccc[c-]c3c2n1.[Ir]. The van der Waals surface area contributed by atoms with E-state index in [-0.39, 0.29) is 31.6 Å². The van der Waals surface area contributed by atoms with Gasteiger partial charge >= 0.3 is 0 Å². The second-order valence-electron chi connectivity index (χ2n) is 7.07. The maximum absolute atomic E-state index is 12.3. The van der Waals surface area contributed by atoms with Crippen LogP contribution in [-0.2, 0) is 26.5 Å². The van der Waals surface area contributed by atoms with E-state index in [4.69, 9.17) is 4.98 Å². The summed E-state index contributed by atoms with van der Waals surface area (Å²) in [6.07, 6.45) is 6.06. The Morgan fingerprint density at radius 2 is 2.04 bits per heavy atom. The van der Waals surface area contributed by atoms with Gasteiger partial charge in [-0.3, -0.25) is 9.78 Å². The van der Waals surface area contributed by atoms with E-state index >= 15 is 0 Å². The minimum Gasteiger partial charge on any atom is -0.507 e. The zero-order chi connectivity index (χ0) is 18.8. The van der Waals surface area contributed by atoms with Crippen LogP contribution in [0.3, 0.4) is 0 Å². The molecular weight excluding hydrogens is 528 g/mol. The molecule has 0 saturated carbocycles. The maximum Gasteiger partial charge on any atom is 0.166 e. The number of pyridine rings is 1. The van der Waals surface area contributed by atoms with Crippen LogP contribution >= 0.6 is 0 Å². The molecule has 0 bridgehead atoms. The average molecular weight is 550 g/mol. The number of benzene rings is 2. The Bertz CT molecular complexity index is 1120. The molecule has 28 heavy (non-hydrogen) atoms. The van der Waals surface area contributed by atoms with Crippen LogP contribution in [0.5, 0.6) is 5.75 Å². The van der Waals surface area contributed by atoms with Crippen LogP contribution in [0.25, 0.3) is 16.4 Å². The van der Waals surface area contributed by atoms with Crippen molar-refractivity contribution in [3.05, 3.63) is 78.2 Å². The summed E-state index contributed by atoms with van der Waals surface area (Å²) in [5.74, 6) is 0.356. The number of aromatic nitrogens is 2. The molecule has 0 fully saturated rings. The summed E-state index contributed by atoms with van der Waals surface area (Å²) in [5, 5.41) is 12.0. The predicted octanol–water partition coefficient (Wildman–Crippen LogP) is 4.83. The van der Waals surface area contributed by atoms with Crippen molar-refractivity contribution >= 4 is 22.2 Å². The molecule has 0 amide bonds. The standard InChI is InChI=1S/C23H21N2O2.Ir/c1-16(10-11-22(27)20-8-4-5-9-21(20)26)14-18-15-25-13-12-17-6-2-3-7-19(17)23(25)24-18;/h2-6,8-9,12-13,15-16,26H,10-11,14H2,1H3;/q-1;. The molecule has 5 heteroatoms.